The molecule has 270 valence electrons. The molecular formula is C40H45F3N4O3S. The Hall–Kier alpha value is -3.77. The van der Waals surface area contributed by atoms with Crippen molar-refractivity contribution in [1.29, 1.82) is 0 Å². The second-order valence-corrected chi connectivity index (χ2v) is 14.6. The predicted molar refractivity (Wildman–Crippen MR) is 196 cm³/mol. The molecule has 0 amide bonds. The van der Waals surface area contributed by atoms with Gasteiger partial charge in [-0.25, -0.2) is 4.79 Å². The topological polar surface area (TPSA) is 48.5 Å². The number of alkyl halides is 3. The van der Waals surface area contributed by atoms with Gasteiger partial charge in [-0.15, -0.1) is 0 Å². The number of anilines is 2. The maximum atomic E-state index is 13.6. The number of esters is 1. The summed E-state index contributed by atoms with van der Waals surface area (Å²) >= 11 is 1.52. The van der Waals surface area contributed by atoms with E-state index < -0.39 is 11.7 Å². The summed E-state index contributed by atoms with van der Waals surface area (Å²) in [6.07, 6.45) is 0.137. The SMILES string of the molecule is O=C(COc1ccc2ccccc2c1CN1CCCCC1)OCCN1CCN(CCCN2c3ccccc3Sc3ccc(C(F)(F)F)cc32)CC1. The summed E-state index contributed by atoms with van der Waals surface area (Å²) in [5, 5.41) is 2.33. The molecule has 0 N–H and O–H groups in total. The van der Waals surface area contributed by atoms with E-state index in [0.717, 1.165) is 91.0 Å². The highest BCUT2D eigenvalue weighted by Gasteiger charge is 2.33. The van der Waals surface area contributed by atoms with Crippen LogP contribution in [0.2, 0.25) is 0 Å². The Balaban J connectivity index is 0.851. The van der Waals surface area contributed by atoms with Gasteiger partial charge in [-0.3, -0.25) is 9.80 Å². The number of benzene rings is 4. The van der Waals surface area contributed by atoms with Crippen molar-refractivity contribution in [3.8, 4) is 5.75 Å². The third-order valence-corrected chi connectivity index (χ3v) is 11.2. The summed E-state index contributed by atoms with van der Waals surface area (Å²) in [6.45, 7) is 8.81. The van der Waals surface area contributed by atoms with Crippen LogP contribution in [-0.4, -0.2) is 92.8 Å². The maximum absolute atomic E-state index is 13.6. The van der Waals surface area contributed by atoms with Gasteiger partial charge in [-0.05, 0) is 86.1 Å². The maximum Gasteiger partial charge on any atom is 0.416 e. The van der Waals surface area contributed by atoms with Crippen LogP contribution in [0.15, 0.2) is 88.7 Å². The molecule has 0 radical (unpaired) electrons. The zero-order valence-corrected chi connectivity index (χ0v) is 29.7. The summed E-state index contributed by atoms with van der Waals surface area (Å²) in [7, 11) is 0. The van der Waals surface area contributed by atoms with Crippen molar-refractivity contribution in [1.82, 2.24) is 14.7 Å². The van der Waals surface area contributed by atoms with Crippen LogP contribution < -0.4 is 9.64 Å². The van der Waals surface area contributed by atoms with Gasteiger partial charge in [0.05, 0.1) is 16.9 Å². The lowest BCUT2D eigenvalue weighted by Gasteiger charge is -2.36. The average Bonchev–Trinajstić information content (AvgIpc) is 3.14. The Morgan fingerprint density at radius 1 is 0.725 bits per heavy atom. The first kappa shape index (κ1) is 35.6. The number of likely N-dealkylation sites (tertiary alicyclic amines) is 1. The number of halogens is 3. The van der Waals surface area contributed by atoms with Gasteiger partial charge >= 0.3 is 12.1 Å². The Morgan fingerprint density at radius 3 is 2.25 bits per heavy atom. The molecule has 0 spiro atoms. The minimum atomic E-state index is -4.39. The van der Waals surface area contributed by atoms with Crippen molar-refractivity contribution in [3.63, 3.8) is 0 Å². The average molecular weight is 719 g/mol. The van der Waals surface area contributed by atoms with Crippen LogP contribution in [0.1, 0.15) is 36.8 Å². The van der Waals surface area contributed by atoms with Gasteiger partial charge in [0.1, 0.15) is 12.4 Å². The summed E-state index contributed by atoms with van der Waals surface area (Å²) < 4.78 is 52.4. The predicted octanol–water partition coefficient (Wildman–Crippen LogP) is 8.08. The molecule has 3 aliphatic rings. The number of rotatable bonds is 12. The molecule has 2 saturated heterocycles. The smallest absolute Gasteiger partial charge is 0.416 e. The molecule has 4 aromatic carbocycles. The van der Waals surface area contributed by atoms with Gasteiger partial charge in [0.15, 0.2) is 6.61 Å². The van der Waals surface area contributed by atoms with Gasteiger partial charge in [-0.2, -0.15) is 13.2 Å². The van der Waals surface area contributed by atoms with Crippen molar-refractivity contribution in [2.24, 2.45) is 0 Å². The van der Waals surface area contributed by atoms with Crippen LogP contribution >= 0.6 is 11.8 Å². The van der Waals surface area contributed by atoms with Crippen LogP contribution in [0, 0.1) is 0 Å². The normalized spacial score (nSPS) is 17.3. The van der Waals surface area contributed by atoms with E-state index in [1.807, 2.05) is 53.4 Å². The highest BCUT2D eigenvalue weighted by Crippen LogP contribution is 2.49. The van der Waals surface area contributed by atoms with E-state index in [1.165, 1.54) is 48.5 Å². The first-order chi connectivity index (χ1) is 24.8. The van der Waals surface area contributed by atoms with Gasteiger partial charge in [0, 0.05) is 61.2 Å². The molecule has 7 nitrogen and oxygen atoms in total. The fourth-order valence-corrected chi connectivity index (χ4v) is 8.43. The molecule has 11 heteroatoms. The molecule has 0 bridgehead atoms. The van der Waals surface area contributed by atoms with Crippen LogP contribution in [0.3, 0.4) is 0 Å². The summed E-state index contributed by atoms with van der Waals surface area (Å²) in [4.78, 5) is 23.8. The molecule has 0 saturated carbocycles. The minimum absolute atomic E-state index is 0.124. The zero-order chi connectivity index (χ0) is 35.2. The van der Waals surface area contributed by atoms with E-state index in [2.05, 4.69) is 26.8 Å². The molecule has 51 heavy (non-hydrogen) atoms. The first-order valence-electron chi connectivity index (χ1n) is 18.0. The molecule has 2 fully saturated rings. The number of carbonyl (C=O) groups is 1. The van der Waals surface area contributed by atoms with Gasteiger partial charge in [0.2, 0.25) is 0 Å². The number of piperidine rings is 1. The summed E-state index contributed by atoms with van der Waals surface area (Å²) in [6, 6.07) is 24.3. The summed E-state index contributed by atoms with van der Waals surface area (Å²) in [5.41, 5.74) is 2.08. The van der Waals surface area contributed by atoms with E-state index in [9.17, 15) is 18.0 Å². The van der Waals surface area contributed by atoms with Crippen molar-refractivity contribution < 1.29 is 27.4 Å². The third-order valence-electron chi connectivity index (χ3n) is 10.1. The monoisotopic (exact) mass is 718 g/mol. The van der Waals surface area contributed by atoms with E-state index in [-0.39, 0.29) is 12.6 Å². The van der Waals surface area contributed by atoms with E-state index in [0.29, 0.717) is 25.4 Å². The van der Waals surface area contributed by atoms with Crippen LogP contribution in [0.25, 0.3) is 10.8 Å². The van der Waals surface area contributed by atoms with Crippen LogP contribution in [0.5, 0.6) is 5.75 Å². The number of piperazine rings is 1. The lowest BCUT2D eigenvalue weighted by atomic mass is 10.0. The Morgan fingerprint density at radius 2 is 1.45 bits per heavy atom. The fourth-order valence-electron chi connectivity index (χ4n) is 7.36. The van der Waals surface area contributed by atoms with E-state index >= 15 is 0 Å². The number of ether oxygens (including phenoxy) is 2. The first-order valence-corrected chi connectivity index (χ1v) is 18.9. The highest BCUT2D eigenvalue weighted by molar-refractivity contribution is 7.99. The molecule has 0 aromatic heterocycles. The number of carbonyl (C=O) groups excluding carboxylic acids is 1. The van der Waals surface area contributed by atoms with Gasteiger partial charge in [-0.1, -0.05) is 60.6 Å². The van der Waals surface area contributed by atoms with Crippen LogP contribution in [0.4, 0.5) is 24.5 Å². The number of hydrogen-bond donors (Lipinski definition) is 0. The van der Waals surface area contributed by atoms with E-state index in [1.54, 1.807) is 6.07 Å². The van der Waals surface area contributed by atoms with Gasteiger partial charge in [0.25, 0.3) is 0 Å². The molecule has 0 aliphatic carbocycles. The largest absolute Gasteiger partial charge is 0.482 e. The third kappa shape index (κ3) is 8.83. The lowest BCUT2D eigenvalue weighted by Crippen LogP contribution is -2.47. The number of hydrogen-bond acceptors (Lipinski definition) is 8. The van der Waals surface area contributed by atoms with Crippen molar-refractivity contribution in [2.45, 2.75) is 48.2 Å². The number of fused-ring (bicyclic) bond motifs is 3. The Kier molecular flexibility index (Phi) is 11.4. The van der Waals surface area contributed by atoms with Gasteiger partial charge < -0.3 is 19.3 Å². The quantitative estimate of drug-likeness (QED) is 0.136. The summed E-state index contributed by atoms with van der Waals surface area (Å²) in [5.74, 6) is 0.373. The van der Waals surface area contributed by atoms with Crippen LogP contribution in [-0.2, 0) is 22.3 Å². The molecule has 0 atom stereocenters. The second kappa shape index (κ2) is 16.3. The van der Waals surface area contributed by atoms with E-state index in [4.69, 9.17) is 9.47 Å². The molecule has 3 heterocycles. The standard InChI is InChI=1S/C40H45F3N4O3S/c41-40(42,43)31-14-16-38-35(27-31)47(34-11-4-5-12-37(34)51-38)20-8-19-44-21-23-45(24-22-44)25-26-49-39(48)29-50-36-15-13-30-9-2-3-10-32(30)33(36)28-46-17-6-1-7-18-46/h2-5,9-16,27H,1,6-8,17-26,28-29H2. The Bertz CT molecular complexity index is 1810. The zero-order valence-electron chi connectivity index (χ0n) is 28.9. The molecule has 3 aliphatic heterocycles. The molecule has 7 rings (SSSR count). The lowest BCUT2D eigenvalue weighted by molar-refractivity contribution is -0.146. The van der Waals surface area contributed by atoms with Crippen molar-refractivity contribution >= 4 is 39.9 Å². The van der Waals surface area contributed by atoms with Crippen molar-refractivity contribution in [2.75, 3.05) is 77.0 Å². The molecular weight excluding hydrogens is 674 g/mol. The second-order valence-electron chi connectivity index (χ2n) is 13.5. The fraction of sp³-hybridized carbons (Fsp3) is 0.425. The van der Waals surface area contributed by atoms with Crippen molar-refractivity contribution in [3.05, 3.63) is 90.0 Å². The Labute approximate surface area is 302 Å². The molecule has 0 unspecified atom stereocenters. The molecule has 4 aromatic rings. The highest BCUT2D eigenvalue weighted by atomic mass is 32.2. The number of nitrogens with zero attached hydrogens (tertiary/aromatic N) is 4. The number of para-hydroxylation sites is 1. The minimum Gasteiger partial charge on any atom is -0.482 e.